The van der Waals surface area contributed by atoms with Crippen LogP contribution >= 0.6 is 0 Å². The maximum atomic E-state index is 11.8. The number of carbonyl (C=O) groups excluding carboxylic acids is 2. The summed E-state index contributed by atoms with van der Waals surface area (Å²) in [5.74, 6) is -1.85. The van der Waals surface area contributed by atoms with Gasteiger partial charge in [-0.15, -0.1) is 0 Å². The quantitative estimate of drug-likeness (QED) is 0.352. The fourth-order valence-corrected chi connectivity index (χ4v) is 2.35. The lowest BCUT2D eigenvalue weighted by Gasteiger charge is -2.27. The van der Waals surface area contributed by atoms with Crippen LogP contribution in [0, 0.1) is 11.8 Å². The number of ether oxygens (including phenoxy) is 1. The fraction of sp³-hybridized carbons (Fsp3) is 0.750. The predicted octanol–water partition coefficient (Wildman–Crippen LogP) is 1.78. The van der Waals surface area contributed by atoms with Crippen LogP contribution in [0.3, 0.4) is 0 Å². The molecule has 0 saturated heterocycles. The molecule has 1 fully saturated rings. The number of nitrogens with zero attached hydrogens (tertiary/aromatic N) is 1. The van der Waals surface area contributed by atoms with E-state index in [4.69, 9.17) is 9.94 Å². The van der Waals surface area contributed by atoms with Gasteiger partial charge in [-0.05, 0) is 33.1 Å². The number of ketones is 1. The molecule has 1 saturated carbocycles. The minimum Gasteiger partial charge on any atom is -0.465 e. The smallest absolute Gasteiger partial charge is 0.317 e. The van der Waals surface area contributed by atoms with E-state index in [1.807, 2.05) is 0 Å². The SMILES string of the molecule is CCOC(=O)C(C(C)=O)C1CCCC/C1=N\O. The average molecular weight is 241 g/mol. The van der Waals surface area contributed by atoms with Gasteiger partial charge < -0.3 is 9.94 Å². The van der Waals surface area contributed by atoms with Crippen LogP contribution in [0.2, 0.25) is 0 Å². The van der Waals surface area contributed by atoms with Crippen molar-refractivity contribution >= 4 is 17.5 Å². The topological polar surface area (TPSA) is 76.0 Å². The number of oxime groups is 1. The van der Waals surface area contributed by atoms with E-state index >= 15 is 0 Å². The molecule has 0 amide bonds. The molecular weight excluding hydrogens is 222 g/mol. The van der Waals surface area contributed by atoms with E-state index in [1.54, 1.807) is 6.92 Å². The number of rotatable bonds is 4. The molecule has 2 unspecified atom stereocenters. The molecule has 0 heterocycles. The molecule has 0 aromatic heterocycles. The normalized spacial score (nSPS) is 24.4. The van der Waals surface area contributed by atoms with E-state index in [9.17, 15) is 9.59 Å². The second-order valence-electron chi connectivity index (χ2n) is 4.28. The van der Waals surface area contributed by atoms with Crippen molar-refractivity contribution in [3.63, 3.8) is 0 Å². The van der Waals surface area contributed by atoms with E-state index < -0.39 is 11.9 Å². The Morgan fingerprint density at radius 3 is 2.76 bits per heavy atom. The lowest BCUT2D eigenvalue weighted by molar-refractivity contribution is -0.152. The molecule has 1 rings (SSSR count). The van der Waals surface area contributed by atoms with E-state index in [0.717, 1.165) is 12.8 Å². The summed E-state index contributed by atoms with van der Waals surface area (Å²) >= 11 is 0. The van der Waals surface area contributed by atoms with Crippen molar-refractivity contribution in [1.29, 1.82) is 0 Å². The van der Waals surface area contributed by atoms with Crippen molar-refractivity contribution in [3.8, 4) is 0 Å². The summed E-state index contributed by atoms with van der Waals surface area (Å²) in [5.41, 5.74) is 0.546. The predicted molar refractivity (Wildman–Crippen MR) is 62.0 cm³/mol. The minimum atomic E-state index is -0.818. The second kappa shape index (κ2) is 6.37. The molecule has 5 heteroatoms. The van der Waals surface area contributed by atoms with Gasteiger partial charge in [0.05, 0.1) is 12.3 Å². The second-order valence-corrected chi connectivity index (χ2v) is 4.28. The first kappa shape index (κ1) is 13.7. The number of hydrogen-bond acceptors (Lipinski definition) is 5. The third-order valence-electron chi connectivity index (χ3n) is 3.14. The monoisotopic (exact) mass is 241 g/mol. The highest BCUT2D eigenvalue weighted by Crippen LogP contribution is 2.29. The summed E-state index contributed by atoms with van der Waals surface area (Å²) in [6.07, 6.45) is 3.21. The van der Waals surface area contributed by atoms with Crippen molar-refractivity contribution in [2.45, 2.75) is 39.5 Å². The molecule has 1 N–H and O–H groups in total. The molecule has 0 aliphatic heterocycles. The van der Waals surface area contributed by atoms with Crippen LogP contribution in [-0.4, -0.2) is 29.3 Å². The van der Waals surface area contributed by atoms with Crippen molar-refractivity contribution in [2.75, 3.05) is 6.61 Å². The molecule has 2 atom stereocenters. The Bertz CT molecular complexity index is 324. The number of carbonyl (C=O) groups is 2. The van der Waals surface area contributed by atoms with E-state index in [1.165, 1.54) is 6.92 Å². The van der Waals surface area contributed by atoms with Gasteiger partial charge in [-0.3, -0.25) is 9.59 Å². The van der Waals surface area contributed by atoms with Gasteiger partial charge in [0.1, 0.15) is 11.7 Å². The zero-order chi connectivity index (χ0) is 12.8. The van der Waals surface area contributed by atoms with Gasteiger partial charge in [0.25, 0.3) is 0 Å². The van der Waals surface area contributed by atoms with Gasteiger partial charge in [-0.2, -0.15) is 0 Å². The van der Waals surface area contributed by atoms with Crippen LogP contribution in [0.25, 0.3) is 0 Å². The Morgan fingerprint density at radius 1 is 1.53 bits per heavy atom. The highest BCUT2D eigenvalue weighted by molar-refractivity contribution is 6.03. The van der Waals surface area contributed by atoms with Crippen molar-refractivity contribution in [3.05, 3.63) is 0 Å². The molecule has 1 aliphatic rings. The van der Waals surface area contributed by atoms with Crippen LogP contribution in [0.5, 0.6) is 0 Å². The molecular formula is C12H19NO4. The molecule has 5 nitrogen and oxygen atoms in total. The summed E-state index contributed by atoms with van der Waals surface area (Å²) < 4.78 is 4.91. The molecule has 0 aromatic carbocycles. The minimum absolute atomic E-state index is 0.225. The van der Waals surface area contributed by atoms with Gasteiger partial charge in [0, 0.05) is 5.92 Å². The standard InChI is InChI=1S/C12H19NO4/c1-3-17-12(15)11(8(2)14)9-6-4-5-7-10(9)13-16/h9,11,16H,3-7H2,1-2H3/b13-10+. The third-order valence-corrected chi connectivity index (χ3v) is 3.14. The Hall–Kier alpha value is -1.39. The van der Waals surface area contributed by atoms with Gasteiger partial charge in [0.2, 0.25) is 0 Å². The highest BCUT2D eigenvalue weighted by atomic mass is 16.5. The first-order valence-corrected chi connectivity index (χ1v) is 5.99. The molecule has 96 valence electrons. The molecule has 0 aromatic rings. The molecule has 0 spiro atoms. The van der Waals surface area contributed by atoms with Gasteiger partial charge in [0.15, 0.2) is 0 Å². The maximum Gasteiger partial charge on any atom is 0.317 e. The van der Waals surface area contributed by atoms with Crippen LogP contribution in [0.1, 0.15) is 39.5 Å². The first-order chi connectivity index (χ1) is 8.11. The Balaban J connectivity index is 2.89. The number of esters is 1. The zero-order valence-corrected chi connectivity index (χ0v) is 10.3. The summed E-state index contributed by atoms with van der Waals surface area (Å²) in [6, 6.07) is 0. The molecule has 0 radical (unpaired) electrons. The lowest BCUT2D eigenvalue weighted by atomic mass is 9.77. The third kappa shape index (κ3) is 3.28. The van der Waals surface area contributed by atoms with Gasteiger partial charge in [-0.1, -0.05) is 11.6 Å². The van der Waals surface area contributed by atoms with Gasteiger partial charge >= 0.3 is 5.97 Å². The summed E-state index contributed by atoms with van der Waals surface area (Å²) in [6.45, 7) is 3.34. The van der Waals surface area contributed by atoms with E-state index in [0.29, 0.717) is 18.6 Å². The molecule has 17 heavy (non-hydrogen) atoms. The van der Waals surface area contributed by atoms with Crippen LogP contribution < -0.4 is 0 Å². The van der Waals surface area contributed by atoms with E-state index in [2.05, 4.69) is 5.16 Å². The van der Waals surface area contributed by atoms with Crippen LogP contribution in [0.4, 0.5) is 0 Å². The fourth-order valence-electron chi connectivity index (χ4n) is 2.35. The largest absolute Gasteiger partial charge is 0.465 e. The zero-order valence-electron chi connectivity index (χ0n) is 10.3. The van der Waals surface area contributed by atoms with Crippen molar-refractivity contribution in [2.24, 2.45) is 17.0 Å². The van der Waals surface area contributed by atoms with Crippen LogP contribution in [0.15, 0.2) is 5.16 Å². The first-order valence-electron chi connectivity index (χ1n) is 5.99. The van der Waals surface area contributed by atoms with Crippen molar-refractivity contribution < 1.29 is 19.5 Å². The Labute approximate surface area is 101 Å². The lowest BCUT2D eigenvalue weighted by Crippen LogP contribution is -2.37. The summed E-state index contributed by atoms with van der Waals surface area (Å²) in [4.78, 5) is 23.3. The molecule has 0 bridgehead atoms. The Morgan fingerprint density at radius 2 is 2.24 bits per heavy atom. The number of hydrogen-bond donors (Lipinski definition) is 1. The van der Waals surface area contributed by atoms with Gasteiger partial charge in [-0.25, -0.2) is 0 Å². The highest BCUT2D eigenvalue weighted by Gasteiger charge is 2.38. The van der Waals surface area contributed by atoms with Crippen molar-refractivity contribution in [1.82, 2.24) is 0 Å². The summed E-state index contributed by atoms with van der Waals surface area (Å²) in [7, 11) is 0. The average Bonchev–Trinajstić information content (AvgIpc) is 2.30. The number of Topliss-reactive ketones (excluding diaryl/α,β-unsaturated/α-hetero) is 1. The van der Waals surface area contributed by atoms with E-state index in [-0.39, 0.29) is 18.3 Å². The maximum absolute atomic E-state index is 11.8. The van der Waals surface area contributed by atoms with Crippen LogP contribution in [-0.2, 0) is 14.3 Å². The molecule has 1 aliphatic carbocycles. The summed E-state index contributed by atoms with van der Waals surface area (Å²) in [5, 5.41) is 12.2. The Kier molecular flexibility index (Phi) is 5.12.